The van der Waals surface area contributed by atoms with E-state index in [0.717, 1.165) is 22.9 Å². The van der Waals surface area contributed by atoms with Crippen LogP contribution in [0, 0.1) is 6.92 Å². The van der Waals surface area contributed by atoms with Gasteiger partial charge in [-0.15, -0.1) is 0 Å². The van der Waals surface area contributed by atoms with Crippen molar-refractivity contribution in [2.24, 2.45) is 0 Å². The Labute approximate surface area is 249 Å². The molecule has 0 aliphatic carbocycles. The molecule has 1 N–H and O–H groups in total. The Bertz CT molecular complexity index is 1420. The number of sulfonamides is 1. The molecular weight excluding hydrogens is 558 g/mol. The van der Waals surface area contributed by atoms with Crippen molar-refractivity contribution in [2.45, 2.75) is 65.1 Å². The van der Waals surface area contributed by atoms with Gasteiger partial charge in [-0.3, -0.25) is 13.9 Å². The number of halogens is 1. The van der Waals surface area contributed by atoms with Crippen LogP contribution in [0.5, 0.6) is 0 Å². The Kier molecular flexibility index (Phi) is 11.0. The molecule has 220 valence electrons. The SMILES string of the molecule is Cc1ccc(CN(C(=O)CCCN(c2cccc(Cl)c2)S(C)(=O)=O)[C@@H](Cc2ccccc2)C(=O)NC(C)(C)C)cc1. The highest BCUT2D eigenvalue weighted by molar-refractivity contribution is 7.92. The molecule has 9 heteroatoms. The van der Waals surface area contributed by atoms with E-state index in [1.54, 1.807) is 29.2 Å². The highest BCUT2D eigenvalue weighted by atomic mass is 35.5. The van der Waals surface area contributed by atoms with Gasteiger partial charge in [-0.25, -0.2) is 8.42 Å². The van der Waals surface area contributed by atoms with E-state index in [0.29, 0.717) is 17.1 Å². The molecule has 0 saturated heterocycles. The summed E-state index contributed by atoms with van der Waals surface area (Å²) in [6.45, 7) is 8.07. The fourth-order valence-corrected chi connectivity index (χ4v) is 5.67. The van der Waals surface area contributed by atoms with Crippen LogP contribution in [0.3, 0.4) is 0 Å². The fraction of sp³-hybridized carbons (Fsp3) is 0.375. The second-order valence-corrected chi connectivity index (χ2v) is 13.7. The van der Waals surface area contributed by atoms with Gasteiger partial charge in [0.15, 0.2) is 0 Å². The summed E-state index contributed by atoms with van der Waals surface area (Å²) < 4.78 is 26.4. The predicted octanol–water partition coefficient (Wildman–Crippen LogP) is 5.75. The van der Waals surface area contributed by atoms with E-state index < -0.39 is 21.6 Å². The number of carbonyl (C=O) groups excluding carboxylic acids is 2. The summed E-state index contributed by atoms with van der Waals surface area (Å²) in [4.78, 5) is 29.2. The smallest absolute Gasteiger partial charge is 0.243 e. The molecular formula is C32H40ClN3O4S. The zero-order chi connectivity index (χ0) is 30.2. The van der Waals surface area contributed by atoms with E-state index in [1.165, 1.54) is 4.31 Å². The van der Waals surface area contributed by atoms with Crippen molar-refractivity contribution in [3.63, 3.8) is 0 Å². The van der Waals surface area contributed by atoms with Gasteiger partial charge in [0, 0.05) is 36.5 Å². The van der Waals surface area contributed by atoms with Gasteiger partial charge >= 0.3 is 0 Å². The van der Waals surface area contributed by atoms with Crippen LogP contribution in [-0.4, -0.2) is 49.5 Å². The minimum absolute atomic E-state index is 0.0620. The topological polar surface area (TPSA) is 86.8 Å². The minimum atomic E-state index is -3.61. The summed E-state index contributed by atoms with van der Waals surface area (Å²) in [5.74, 6) is -0.464. The largest absolute Gasteiger partial charge is 0.350 e. The highest BCUT2D eigenvalue weighted by Crippen LogP contribution is 2.23. The van der Waals surface area contributed by atoms with Crippen LogP contribution >= 0.6 is 11.6 Å². The highest BCUT2D eigenvalue weighted by Gasteiger charge is 2.32. The van der Waals surface area contributed by atoms with Gasteiger partial charge in [0.2, 0.25) is 21.8 Å². The molecule has 0 aliphatic rings. The Hall–Kier alpha value is -3.36. The van der Waals surface area contributed by atoms with E-state index in [1.807, 2.05) is 82.3 Å². The first-order chi connectivity index (χ1) is 19.2. The third kappa shape index (κ3) is 10.2. The van der Waals surface area contributed by atoms with Crippen LogP contribution in [0.15, 0.2) is 78.9 Å². The van der Waals surface area contributed by atoms with Gasteiger partial charge in [0.25, 0.3) is 0 Å². The number of benzene rings is 3. The van der Waals surface area contributed by atoms with Crippen molar-refractivity contribution < 1.29 is 18.0 Å². The maximum absolute atomic E-state index is 13.9. The molecule has 1 atom stereocenters. The molecule has 3 aromatic rings. The van der Waals surface area contributed by atoms with Crippen LogP contribution in [0.2, 0.25) is 5.02 Å². The molecule has 0 spiro atoms. The lowest BCUT2D eigenvalue weighted by molar-refractivity contribution is -0.142. The normalized spacial score (nSPS) is 12.4. The number of nitrogens with one attached hydrogen (secondary N) is 1. The van der Waals surface area contributed by atoms with Gasteiger partial charge in [-0.1, -0.05) is 77.8 Å². The number of hydrogen-bond donors (Lipinski definition) is 1. The molecule has 0 radical (unpaired) electrons. The second-order valence-electron chi connectivity index (χ2n) is 11.4. The number of nitrogens with zero attached hydrogens (tertiary/aromatic N) is 2. The number of carbonyl (C=O) groups is 2. The van der Waals surface area contributed by atoms with Gasteiger partial charge in [-0.2, -0.15) is 0 Å². The lowest BCUT2D eigenvalue weighted by Gasteiger charge is -2.34. The van der Waals surface area contributed by atoms with Crippen LogP contribution < -0.4 is 9.62 Å². The van der Waals surface area contributed by atoms with Crippen molar-refractivity contribution in [1.82, 2.24) is 10.2 Å². The minimum Gasteiger partial charge on any atom is -0.350 e. The van der Waals surface area contributed by atoms with Gasteiger partial charge in [0.05, 0.1) is 11.9 Å². The molecule has 0 unspecified atom stereocenters. The first-order valence-electron chi connectivity index (χ1n) is 13.7. The summed E-state index contributed by atoms with van der Waals surface area (Å²) in [6.07, 6.45) is 1.80. The average Bonchev–Trinajstić information content (AvgIpc) is 2.88. The number of rotatable bonds is 12. The maximum Gasteiger partial charge on any atom is 0.243 e. The van der Waals surface area contributed by atoms with Crippen molar-refractivity contribution >= 4 is 39.1 Å². The standard InChI is InChI=1S/C32H40ClN3O4S/c1-24-16-18-26(19-17-24)23-35(29(31(38)34-32(2,3)4)21-25-11-7-6-8-12-25)30(37)15-10-20-36(41(5,39)40)28-14-9-13-27(33)22-28/h6-9,11-14,16-19,22,29H,10,15,20-21,23H2,1-5H3,(H,34,38)/t29-/m0/s1. The van der Waals surface area contributed by atoms with E-state index in [2.05, 4.69) is 5.32 Å². The summed E-state index contributed by atoms with van der Waals surface area (Å²) in [7, 11) is -3.61. The summed E-state index contributed by atoms with van der Waals surface area (Å²) >= 11 is 6.11. The van der Waals surface area contributed by atoms with Gasteiger partial charge in [-0.05, 0) is 63.4 Å². The van der Waals surface area contributed by atoms with Gasteiger partial charge < -0.3 is 10.2 Å². The molecule has 0 heterocycles. The lowest BCUT2D eigenvalue weighted by atomic mass is 10.00. The zero-order valence-corrected chi connectivity index (χ0v) is 26.0. The third-order valence-electron chi connectivity index (χ3n) is 6.49. The monoisotopic (exact) mass is 597 g/mol. The predicted molar refractivity (Wildman–Crippen MR) is 166 cm³/mol. The third-order valence-corrected chi connectivity index (χ3v) is 7.92. The van der Waals surface area contributed by atoms with E-state index in [4.69, 9.17) is 11.6 Å². The van der Waals surface area contributed by atoms with Crippen LogP contribution in [0.25, 0.3) is 0 Å². The number of aryl methyl sites for hydroxylation is 1. The number of anilines is 1. The molecule has 3 aromatic carbocycles. The Balaban J connectivity index is 1.90. The molecule has 41 heavy (non-hydrogen) atoms. The van der Waals surface area contributed by atoms with Crippen molar-refractivity contribution in [3.8, 4) is 0 Å². The first kappa shape index (κ1) is 32.2. The number of amides is 2. The lowest BCUT2D eigenvalue weighted by Crippen LogP contribution is -2.54. The molecule has 0 aromatic heterocycles. The maximum atomic E-state index is 13.9. The molecule has 2 amide bonds. The Morgan fingerprint density at radius 3 is 2.17 bits per heavy atom. The van der Waals surface area contributed by atoms with E-state index in [9.17, 15) is 18.0 Å². The average molecular weight is 598 g/mol. The number of hydrogen-bond acceptors (Lipinski definition) is 4. The molecule has 0 saturated carbocycles. The van der Waals surface area contributed by atoms with E-state index in [-0.39, 0.29) is 37.7 Å². The molecule has 0 aliphatic heterocycles. The molecule has 0 bridgehead atoms. The van der Waals surface area contributed by atoms with Crippen molar-refractivity contribution in [2.75, 3.05) is 17.1 Å². The molecule has 3 rings (SSSR count). The zero-order valence-electron chi connectivity index (χ0n) is 24.4. The van der Waals surface area contributed by atoms with Gasteiger partial charge in [0.1, 0.15) is 6.04 Å². The van der Waals surface area contributed by atoms with Crippen molar-refractivity contribution in [3.05, 3.63) is 101 Å². The summed E-state index contributed by atoms with van der Waals surface area (Å²) in [6, 6.07) is 23.4. The Morgan fingerprint density at radius 1 is 0.927 bits per heavy atom. The summed E-state index contributed by atoms with van der Waals surface area (Å²) in [5, 5.41) is 3.48. The quantitative estimate of drug-likeness (QED) is 0.288. The van der Waals surface area contributed by atoms with Crippen molar-refractivity contribution in [1.29, 1.82) is 0 Å². The van der Waals surface area contributed by atoms with E-state index >= 15 is 0 Å². The van der Waals surface area contributed by atoms with Crippen LogP contribution in [0.4, 0.5) is 5.69 Å². The molecule has 0 fully saturated rings. The van der Waals surface area contributed by atoms with Crippen LogP contribution in [0.1, 0.15) is 50.3 Å². The first-order valence-corrected chi connectivity index (χ1v) is 15.9. The van der Waals surface area contributed by atoms with Crippen LogP contribution in [-0.2, 0) is 32.6 Å². The Morgan fingerprint density at radius 2 is 1.59 bits per heavy atom. The summed E-state index contributed by atoms with van der Waals surface area (Å²) in [5.41, 5.74) is 2.89. The fourth-order valence-electron chi connectivity index (χ4n) is 4.53. The molecule has 7 nitrogen and oxygen atoms in total. The second kappa shape index (κ2) is 14.0.